The Labute approximate surface area is 398 Å². The Balaban J connectivity index is 0.658. The Morgan fingerprint density at radius 3 is 2.42 bits per heavy atom. The molecular formula is C50H59F3N12O4. The Morgan fingerprint density at radius 2 is 1.68 bits per heavy atom. The van der Waals surface area contributed by atoms with Crippen molar-refractivity contribution in [3.8, 4) is 11.8 Å². The fraction of sp³-hybridized carbons (Fsp3) is 0.580. The predicted molar refractivity (Wildman–Crippen MR) is 251 cm³/mol. The van der Waals surface area contributed by atoms with Crippen LogP contribution >= 0.6 is 0 Å². The van der Waals surface area contributed by atoms with Crippen LogP contribution in [0.15, 0.2) is 42.9 Å². The normalized spacial score (nSPS) is 25.2. The third-order valence-corrected chi connectivity index (χ3v) is 15.3. The summed E-state index contributed by atoms with van der Waals surface area (Å²) in [6.07, 6.45) is 9.93. The van der Waals surface area contributed by atoms with E-state index in [-0.39, 0.29) is 54.7 Å². The van der Waals surface area contributed by atoms with Gasteiger partial charge in [0.15, 0.2) is 11.3 Å². The number of carbonyl (C=O) groups is 3. The van der Waals surface area contributed by atoms with Crippen molar-refractivity contribution in [2.45, 2.75) is 114 Å². The molecule has 364 valence electrons. The third kappa shape index (κ3) is 9.72. The quantitative estimate of drug-likeness (QED) is 0.0987. The second-order valence-electron chi connectivity index (χ2n) is 20.0. The Kier molecular flexibility index (Phi) is 12.9. The molecule has 3 amide bonds. The molecule has 2 saturated carbocycles. The van der Waals surface area contributed by atoms with E-state index < -0.39 is 36.2 Å². The summed E-state index contributed by atoms with van der Waals surface area (Å²) in [7, 11) is 0. The van der Waals surface area contributed by atoms with Gasteiger partial charge in [-0.2, -0.15) is 15.3 Å². The Hall–Kier alpha value is -5.84. The largest absolute Gasteiger partial charge is 0.362 e. The van der Waals surface area contributed by atoms with Crippen molar-refractivity contribution in [1.29, 1.82) is 0 Å². The van der Waals surface area contributed by atoms with Crippen molar-refractivity contribution in [3.63, 3.8) is 0 Å². The maximum atomic E-state index is 15.6. The van der Waals surface area contributed by atoms with E-state index >= 15 is 4.39 Å². The number of anilines is 2. The summed E-state index contributed by atoms with van der Waals surface area (Å²) in [6, 6.07) is 7.82. The van der Waals surface area contributed by atoms with E-state index in [9.17, 15) is 23.2 Å². The van der Waals surface area contributed by atoms with Crippen molar-refractivity contribution in [1.82, 2.24) is 49.3 Å². The minimum atomic E-state index is -2.89. The highest BCUT2D eigenvalue weighted by molar-refractivity contribution is 6.08. The number of piperidine rings is 3. The molecule has 0 spiro atoms. The predicted octanol–water partition coefficient (Wildman–Crippen LogP) is 6.45. The first kappa shape index (κ1) is 45.6. The van der Waals surface area contributed by atoms with Gasteiger partial charge in [0.1, 0.15) is 24.2 Å². The number of amides is 3. The van der Waals surface area contributed by atoms with E-state index in [4.69, 9.17) is 14.8 Å². The molecule has 5 aromatic rings. The second kappa shape index (κ2) is 19.5. The van der Waals surface area contributed by atoms with Gasteiger partial charge in [0.25, 0.3) is 12.3 Å². The summed E-state index contributed by atoms with van der Waals surface area (Å²) >= 11 is 0. The molecular weight excluding hydrogens is 890 g/mol. The van der Waals surface area contributed by atoms with Gasteiger partial charge in [0.2, 0.25) is 11.8 Å². The number of ether oxygens (including phenoxy) is 1. The highest BCUT2D eigenvalue weighted by Crippen LogP contribution is 2.41. The van der Waals surface area contributed by atoms with Crippen LogP contribution in [0.4, 0.5) is 24.7 Å². The summed E-state index contributed by atoms with van der Waals surface area (Å²) in [6.45, 7) is 7.10. The zero-order valence-corrected chi connectivity index (χ0v) is 38.7. The topological polar surface area (TPSA) is 160 Å². The molecule has 19 heteroatoms. The first-order chi connectivity index (χ1) is 33.6. The van der Waals surface area contributed by atoms with Crippen LogP contribution in [-0.2, 0) is 14.3 Å². The molecule has 4 aromatic heterocycles. The molecule has 6 fully saturated rings. The molecule has 6 aliphatic rings. The molecule has 4 saturated heterocycles. The maximum Gasteiger partial charge on any atom is 0.284 e. The number of hydrogen-bond donors (Lipinski definition) is 2. The molecule has 11 rings (SSSR count). The summed E-state index contributed by atoms with van der Waals surface area (Å²) in [5.41, 5.74) is 2.38. The number of likely N-dealkylation sites (tertiary alicyclic amines) is 2. The van der Waals surface area contributed by atoms with Crippen LogP contribution in [0.2, 0.25) is 0 Å². The van der Waals surface area contributed by atoms with Gasteiger partial charge in [0, 0.05) is 63.5 Å². The average Bonchev–Trinajstić information content (AvgIpc) is 3.76. The minimum Gasteiger partial charge on any atom is -0.362 e. The number of benzene rings is 1. The molecule has 1 unspecified atom stereocenters. The molecule has 3 atom stereocenters. The van der Waals surface area contributed by atoms with Crippen LogP contribution in [0, 0.1) is 23.7 Å². The number of carbonyl (C=O) groups excluding carboxylic acids is 3. The first-order valence-corrected chi connectivity index (χ1v) is 24.9. The number of nitrogens with one attached hydrogen (secondary N) is 2. The van der Waals surface area contributed by atoms with Gasteiger partial charge in [-0.05, 0) is 108 Å². The molecule has 69 heavy (non-hydrogen) atoms. The van der Waals surface area contributed by atoms with Gasteiger partial charge in [-0.1, -0.05) is 24.0 Å². The third-order valence-electron chi connectivity index (χ3n) is 15.3. The minimum absolute atomic E-state index is 0.0269. The van der Waals surface area contributed by atoms with Crippen LogP contribution < -0.4 is 15.5 Å². The molecule has 0 bridgehead atoms. The molecule has 8 heterocycles. The number of alkyl halides is 3. The summed E-state index contributed by atoms with van der Waals surface area (Å²) in [4.78, 5) is 50.0. The lowest BCUT2D eigenvalue weighted by Crippen LogP contribution is -2.47. The van der Waals surface area contributed by atoms with Gasteiger partial charge < -0.3 is 19.9 Å². The van der Waals surface area contributed by atoms with Crippen LogP contribution in [0.1, 0.15) is 129 Å². The van der Waals surface area contributed by atoms with Crippen LogP contribution in [-0.4, -0.2) is 133 Å². The number of aromatic nitrogens is 7. The monoisotopic (exact) mass is 948 g/mol. The average molecular weight is 949 g/mol. The lowest BCUT2D eigenvalue weighted by atomic mass is 9.85. The van der Waals surface area contributed by atoms with Gasteiger partial charge in [-0.25, -0.2) is 22.7 Å². The van der Waals surface area contributed by atoms with Gasteiger partial charge >= 0.3 is 0 Å². The maximum absolute atomic E-state index is 15.6. The zero-order valence-electron chi connectivity index (χ0n) is 38.7. The van der Waals surface area contributed by atoms with E-state index in [0.29, 0.717) is 42.6 Å². The van der Waals surface area contributed by atoms with E-state index in [1.807, 2.05) is 28.9 Å². The molecule has 0 radical (unpaired) electrons. The highest BCUT2D eigenvalue weighted by Gasteiger charge is 2.36. The van der Waals surface area contributed by atoms with Crippen molar-refractivity contribution in [2.75, 3.05) is 69.2 Å². The van der Waals surface area contributed by atoms with Gasteiger partial charge in [-0.15, -0.1) is 0 Å². The van der Waals surface area contributed by atoms with E-state index in [0.717, 1.165) is 99.8 Å². The highest BCUT2D eigenvalue weighted by atomic mass is 19.3. The van der Waals surface area contributed by atoms with Crippen molar-refractivity contribution in [2.24, 2.45) is 11.8 Å². The number of halogens is 3. The van der Waals surface area contributed by atoms with Crippen molar-refractivity contribution in [3.05, 3.63) is 65.4 Å². The summed E-state index contributed by atoms with van der Waals surface area (Å²) in [5.74, 6) is 6.45. The van der Waals surface area contributed by atoms with E-state index in [1.165, 1.54) is 36.4 Å². The number of hydrogen-bond acceptors (Lipinski definition) is 11. The fourth-order valence-electron chi connectivity index (χ4n) is 11.2. The Morgan fingerprint density at radius 1 is 0.899 bits per heavy atom. The standard InChI is InChI=1S/C50H59F3N12O4/c51-39-29-61(21-17-41(39)69-25-2-5-33-4-1-6-36-44(37-13-14-43(66)57-49(37)67)59-65(46(33)36)35-11-12-35)28-31-7-9-34(10-8-31)64-30-40(45(58-64)47(52)53)55-50(68)38-26-54-63-24-18-42(56-48(38)63)62-22-15-32(16-23-62)27-60-19-3-20-60/h1,4,6,18,24,26,30-32,34-35,37,39,41,47H,3,7-17,19-23,25,27-29H2,(H,55,68)(H,57,66,67)/t31?,34?,37?,39-,41+/m0/s1. The smallest absolute Gasteiger partial charge is 0.284 e. The number of rotatable bonds is 13. The van der Waals surface area contributed by atoms with E-state index in [1.54, 1.807) is 10.9 Å². The first-order valence-electron chi connectivity index (χ1n) is 24.9. The Bertz CT molecular complexity index is 2770. The van der Waals surface area contributed by atoms with Gasteiger partial charge in [-0.3, -0.25) is 34.0 Å². The SMILES string of the molecule is O=C1CCC(c2nn(C3CC3)c3c(C#CCO[C@@H]4CCN(CC5CCC(n6cc(NC(=O)c7cnn8ccc(N9CCC(CN%10CCC%10)CC9)nc78)c(C(F)F)n6)CC5)C[C@@H]4F)cccc23)C(=O)N1. The second-order valence-corrected chi connectivity index (χ2v) is 20.0. The zero-order chi connectivity index (χ0) is 47.2. The van der Waals surface area contributed by atoms with Crippen molar-refractivity contribution < 1.29 is 32.3 Å². The molecule has 1 aromatic carbocycles. The van der Waals surface area contributed by atoms with Crippen LogP contribution in [0.3, 0.4) is 0 Å². The molecule has 2 N–H and O–H groups in total. The summed E-state index contributed by atoms with van der Waals surface area (Å²) in [5, 5.41) is 19.5. The number of para-hydroxylation sites is 1. The fourth-order valence-corrected chi connectivity index (χ4v) is 11.2. The van der Waals surface area contributed by atoms with Gasteiger partial charge in [0.05, 0.1) is 52.8 Å². The molecule has 16 nitrogen and oxygen atoms in total. The van der Waals surface area contributed by atoms with Crippen LogP contribution in [0.25, 0.3) is 16.6 Å². The van der Waals surface area contributed by atoms with Crippen molar-refractivity contribution >= 4 is 45.8 Å². The lowest BCUT2D eigenvalue weighted by molar-refractivity contribution is -0.134. The number of imide groups is 1. The summed E-state index contributed by atoms with van der Waals surface area (Å²) < 4.78 is 55.5. The van der Waals surface area contributed by atoms with Crippen LogP contribution in [0.5, 0.6) is 0 Å². The lowest BCUT2D eigenvalue weighted by Gasteiger charge is -2.38. The molecule has 4 aliphatic heterocycles. The molecule has 2 aliphatic carbocycles. The number of nitrogens with zero attached hydrogens (tertiary/aromatic N) is 10. The van der Waals surface area contributed by atoms with E-state index in [2.05, 4.69) is 47.4 Å². The number of fused-ring (bicyclic) bond motifs is 2.